The number of carboxylic acid groups (broad SMARTS) is 1. The Morgan fingerprint density at radius 3 is 2.83 bits per heavy atom. The third-order valence-corrected chi connectivity index (χ3v) is 3.36. The predicted molar refractivity (Wildman–Crippen MR) is 85.7 cm³/mol. The third kappa shape index (κ3) is 2.99. The first-order chi connectivity index (χ1) is 11.6. The van der Waals surface area contributed by atoms with Gasteiger partial charge >= 0.3 is 6.09 Å². The third-order valence-electron chi connectivity index (χ3n) is 3.17. The molecule has 3 rings (SSSR count). The second-order valence-corrected chi connectivity index (χ2v) is 4.89. The van der Waals surface area contributed by atoms with Crippen LogP contribution >= 0.6 is 11.6 Å². The lowest BCUT2D eigenvalue weighted by molar-refractivity contribution is 0.204. The molecule has 1 N–H and O–H groups in total. The lowest BCUT2D eigenvalue weighted by Crippen LogP contribution is -2.25. The zero-order valence-electron chi connectivity index (χ0n) is 12.4. The van der Waals surface area contributed by atoms with Crippen LogP contribution in [0.2, 0.25) is 5.28 Å². The van der Waals surface area contributed by atoms with Crippen LogP contribution in [-0.2, 0) is 0 Å². The van der Waals surface area contributed by atoms with Crippen molar-refractivity contribution in [3.05, 3.63) is 48.3 Å². The first kappa shape index (κ1) is 15.8. The van der Waals surface area contributed by atoms with Crippen LogP contribution < -0.4 is 9.64 Å². The number of nitrogens with zero attached hydrogens (tertiary/aromatic N) is 4. The second-order valence-electron chi connectivity index (χ2n) is 4.55. The number of hydrogen-bond donors (Lipinski definition) is 1. The topological polar surface area (TPSA) is 102 Å². The molecule has 0 aliphatic carbocycles. The Morgan fingerprint density at radius 2 is 2.21 bits per heavy atom. The second kappa shape index (κ2) is 6.55. The zero-order chi connectivity index (χ0) is 17.1. The van der Waals surface area contributed by atoms with Crippen molar-refractivity contribution in [1.82, 2.24) is 15.0 Å². The van der Waals surface area contributed by atoms with E-state index in [9.17, 15) is 9.90 Å². The largest absolute Gasteiger partial charge is 0.497 e. The summed E-state index contributed by atoms with van der Waals surface area (Å²) in [4.78, 5) is 24.4. The monoisotopic (exact) mass is 346 g/mol. The normalized spacial score (nSPS) is 10.4. The fraction of sp³-hybridized carbons (Fsp3) is 0.0667. The molecular formula is C15H11ClN4O4. The minimum atomic E-state index is -1.24. The molecule has 0 atom stereocenters. The number of benzene rings is 1. The summed E-state index contributed by atoms with van der Waals surface area (Å²) >= 11 is 5.78. The van der Waals surface area contributed by atoms with Crippen LogP contribution in [0.25, 0.3) is 11.3 Å². The van der Waals surface area contributed by atoms with Crippen LogP contribution in [-0.4, -0.2) is 33.3 Å². The molecule has 0 aliphatic heterocycles. The summed E-state index contributed by atoms with van der Waals surface area (Å²) in [6.45, 7) is 0. The Morgan fingerprint density at radius 1 is 1.38 bits per heavy atom. The van der Waals surface area contributed by atoms with Crippen molar-refractivity contribution in [2.75, 3.05) is 12.0 Å². The van der Waals surface area contributed by atoms with E-state index in [0.717, 1.165) is 4.90 Å². The maximum Gasteiger partial charge on any atom is 0.417 e. The van der Waals surface area contributed by atoms with Gasteiger partial charge in [0.1, 0.15) is 11.6 Å². The maximum absolute atomic E-state index is 11.8. The summed E-state index contributed by atoms with van der Waals surface area (Å²) in [5, 5.41) is 9.60. The van der Waals surface area contributed by atoms with E-state index in [1.54, 1.807) is 18.2 Å². The molecule has 0 bridgehead atoms. The van der Waals surface area contributed by atoms with Crippen molar-refractivity contribution in [3.8, 4) is 17.1 Å². The van der Waals surface area contributed by atoms with Crippen LogP contribution in [0.1, 0.15) is 0 Å². The van der Waals surface area contributed by atoms with Gasteiger partial charge in [0.05, 0.1) is 19.0 Å². The number of hydrogen-bond acceptors (Lipinski definition) is 6. The number of carbonyl (C=O) groups is 1. The van der Waals surface area contributed by atoms with Crippen LogP contribution in [0, 0.1) is 0 Å². The van der Waals surface area contributed by atoms with Gasteiger partial charge in [-0.2, -0.15) is 4.98 Å². The number of oxazole rings is 1. The maximum atomic E-state index is 11.8. The molecule has 0 saturated heterocycles. The summed E-state index contributed by atoms with van der Waals surface area (Å²) in [5.74, 6) is 1.03. The van der Waals surface area contributed by atoms with Crippen molar-refractivity contribution in [2.45, 2.75) is 0 Å². The SMILES string of the molecule is COc1ccc(N(C(=O)O)c2ccnc(Cl)n2)c(-c2cnco2)c1. The quantitative estimate of drug-likeness (QED) is 0.720. The van der Waals surface area contributed by atoms with Crippen LogP contribution in [0.5, 0.6) is 5.75 Å². The van der Waals surface area contributed by atoms with Gasteiger partial charge in [-0.25, -0.2) is 19.7 Å². The van der Waals surface area contributed by atoms with Crippen molar-refractivity contribution < 1.29 is 19.1 Å². The number of ether oxygens (including phenoxy) is 1. The van der Waals surface area contributed by atoms with Gasteiger partial charge in [0.2, 0.25) is 5.28 Å². The van der Waals surface area contributed by atoms with Crippen LogP contribution in [0.15, 0.2) is 47.5 Å². The Labute approximate surface area is 141 Å². The number of halogens is 1. The molecule has 1 aromatic carbocycles. The minimum Gasteiger partial charge on any atom is -0.497 e. The van der Waals surface area contributed by atoms with E-state index in [-0.39, 0.29) is 11.1 Å². The molecule has 8 nitrogen and oxygen atoms in total. The summed E-state index contributed by atoms with van der Waals surface area (Å²) in [5.41, 5.74) is 0.791. The average molecular weight is 347 g/mol. The highest BCUT2D eigenvalue weighted by atomic mass is 35.5. The van der Waals surface area contributed by atoms with E-state index in [1.807, 2.05) is 0 Å². The molecule has 0 unspecified atom stereocenters. The van der Waals surface area contributed by atoms with Crippen molar-refractivity contribution >= 4 is 29.2 Å². The molecule has 3 aromatic rings. The molecule has 0 aliphatic rings. The summed E-state index contributed by atoms with van der Waals surface area (Å²) in [6, 6.07) is 6.30. The Bertz CT molecular complexity index is 870. The standard InChI is InChI=1S/C15H11ClN4O4/c1-23-9-2-3-11(10(6-9)12-7-17-8-24-12)20(15(21)22)13-4-5-18-14(16)19-13/h2-8H,1H3,(H,21,22). The van der Waals surface area contributed by atoms with Crippen LogP contribution in [0.4, 0.5) is 16.3 Å². The van der Waals surface area contributed by atoms with E-state index < -0.39 is 6.09 Å². The fourth-order valence-corrected chi connectivity index (χ4v) is 2.30. The molecule has 2 aromatic heterocycles. The lowest BCUT2D eigenvalue weighted by atomic mass is 10.1. The van der Waals surface area contributed by atoms with E-state index in [2.05, 4.69) is 15.0 Å². The van der Waals surface area contributed by atoms with Gasteiger partial charge in [-0.3, -0.25) is 0 Å². The van der Waals surface area contributed by atoms with Gasteiger partial charge < -0.3 is 14.3 Å². The molecule has 0 radical (unpaired) electrons. The molecule has 24 heavy (non-hydrogen) atoms. The van der Waals surface area contributed by atoms with Crippen molar-refractivity contribution in [3.63, 3.8) is 0 Å². The Balaban J connectivity index is 2.20. The zero-order valence-corrected chi connectivity index (χ0v) is 13.1. The summed E-state index contributed by atoms with van der Waals surface area (Å²) in [7, 11) is 1.51. The number of anilines is 2. The fourth-order valence-electron chi connectivity index (χ4n) is 2.16. The summed E-state index contributed by atoms with van der Waals surface area (Å²) < 4.78 is 10.5. The van der Waals surface area contributed by atoms with Gasteiger partial charge in [-0.15, -0.1) is 0 Å². The van der Waals surface area contributed by atoms with E-state index >= 15 is 0 Å². The molecule has 0 saturated carbocycles. The molecule has 0 spiro atoms. The highest BCUT2D eigenvalue weighted by molar-refractivity contribution is 6.28. The van der Waals surface area contributed by atoms with Crippen molar-refractivity contribution in [2.24, 2.45) is 0 Å². The Kier molecular flexibility index (Phi) is 4.30. The van der Waals surface area contributed by atoms with Gasteiger partial charge in [0, 0.05) is 17.8 Å². The number of methoxy groups -OCH3 is 1. The summed E-state index contributed by atoms with van der Waals surface area (Å²) in [6.07, 6.45) is 2.87. The highest BCUT2D eigenvalue weighted by Gasteiger charge is 2.24. The first-order valence-electron chi connectivity index (χ1n) is 6.68. The highest BCUT2D eigenvalue weighted by Crippen LogP contribution is 2.37. The number of aromatic nitrogens is 3. The van der Waals surface area contributed by atoms with Gasteiger partial charge in [0.25, 0.3) is 0 Å². The number of rotatable bonds is 4. The molecule has 122 valence electrons. The molecule has 9 heteroatoms. The minimum absolute atomic E-state index is 0.0616. The number of amides is 1. The first-order valence-corrected chi connectivity index (χ1v) is 7.06. The van der Waals surface area contributed by atoms with Crippen LogP contribution in [0.3, 0.4) is 0 Å². The molecule has 2 heterocycles. The lowest BCUT2D eigenvalue weighted by Gasteiger charge is -2.21. The van der Waals surface area contributed by atoms with Gasteiger partial charge in [0.15, 0.2) is 12.2 Å². The predicted octanol–water partition coefficient (Wildman–Crippen LogP) is 3.61. The smallest absolute Gasteiger partial charge is 0.417 e. The molecular weight excluding hydrogens is 336 g/mol. The van der Waals surface area contributed by atoms with E-state index in [0.29, 0.717) is 22.8 Å². The van der Waals surface area contributed by atoms with E-state index in [1.165, 1.54) is 32.0 Å². The Hall–Kier alpha value is -3.13. The van der Waals surface area contributed by atoms with E-state index in [4.69, 9.17) is 20.8 Å². The van der Waals surface area contributed by atoms with Gasteiger partial charge in [-0.05, 0) is 29.8 Å². The average Bonchev–Trinajstić information content (AvgIpc) is 3.09. The molecule has 1 amide bonds. The van der Waals surface area contributed by atoms with Crippen molar-refractivity contribution in [1.29, 1.82) is 0 Å². The van der Waals surface area contributed by atoms with Gasteiger partial charge in [-0.1, -0.05) is 0 Å². The molecule has 0 fully saturated rings.